The number of carbonyl (C=O) groups is 1. The second-order valence-corrected chi connectivity index (χ2v) is 4.91. The molecule has 1 rings (SSSR count). The highest BCUT2D eigenvalue weighted by Crippen LogP contribution is 2.31. The molecule has 2 N–H and O–H groups in total. The van der Waals surface area contributed by atoms with Crippen LogP contribution in [0.3, 0.4) is 0 Å². The standard InChI is InChI=1S/C11H22N2O/c1-8(2)9(3)13(4)10(14)11(12)6-5-7-11/h8-9H,5-7,12H2,1-4H3. The van der Waals surface area contributed by atoms with E-state index < -0.39 is 5.54 Å². The minimum atomic E-state index is -0.544. The van der Waals surface area contributed by atoms with Gasteiger partial charge in [-0.3, -0.25) is 4.79 Å². The SMILES string of the molecule is CC(C)C(C)N(C)C(=O)C1(N)CCC1. The van der Waals surface area contributed by atoms with Gasteiger partial charge >= 0.3 is 0 Å². The third kappa shape index (κ3) is 1.92. The van der Waals surface area contributed by atoms with Gasteiger partial charge in [-0.2, -0.15) is 0 Å². The summed E-state index contributed by atoms with van der Waals surface area (Å²) >= 11 is 0. The molecule has 0 spiro atoms. The number of likely N-dealkylation sites (N-methyl/N-ethyl adjacent to an activating group) is 1. The molecule has 1 saturated carbocycles. The third-order valence-electron chi connectivity index (χ3n) is 3.57. The first-order chi connectivity index (χ1) is 6.38. The van der Waals surface area contributed by atoms with Gasteiger partial charge in [-0.05, 0) is 32.1 Å². The van der Waals surface area contributed by atoms with Crippen LogP contribution < -0.4 is 5.73 Å². The molecule has 1 aliphatic rings. The second kappa shape index (κ2) is 3.89. The van der Waals surface area contributed by atoms with Crippen LogP contribution >= 0.6 is 0 Å². The Kier molecular flexibility index (Phi) is 3.20. The van der Waals surface area contributed by atoms with Crippen molar-refractivity contribution in [1.29, 1.82) is 0 Å². The molecule has 0 aromatic heterocycles. The summed E-state index contributed by atoms with van der Waals surface area (Å²) in [6.45, 7) is 6.32. The average Bonchev–Trinajstić information content (AvgIpc) is 2.10. The summed E-state index contributed by atoms with van der Waals surface area (Å²) in [6.07, 6.45) is 2.79. The fraction of sp³-hybridized carbons (Fsp3) is 0.909. The van der Waals surface area contributed by atoms with Gasteiger partial charge in [0.1, 0.15) is 0 Å². The van der Waals surface area contributed by atoms with Crippen LogP contribution in [0.5, 0.6) is 0 Å². The van der Waals surface area contributed by atoms with Crippen molar-refractivity contribution in [3.8, 4) is 0 Å². The number of nitrogens with zero attached hydrogens (tertiary/aromatic N) is 1. The molecule has 0 saturated heterocycles. The van der Waals surface area contributed by atoms with Crippen LogP contribution in [0.4, 0.5) is 0 Å². The molecule has 3 nitrogen and oxygen atoms in total. The highest BCUT2D eigenvalue weighted by molar-refractivity contribution is 5.87. The predicted octanol–water partition coefficient (Wildman–Crippen LogP) is 1.37. The lowest BCUT2D eigenvalue weighted by Crippen LogP contribution is -2.60. The number of carbonyl (C=O) groups excluding carboxylic acids is 1. The van der Waals surface area contributed by atoms with Crippen LogP contribution in [0.25, 0.3) is 0 Å². The largest absolute Gasteiger partial charge is 0.341 e. The van der Waals surface area contributed by atoms with Gasteiger partial charge in [-0.1, -0.05) is 13.8 Å². The number of rotatable bonds is 3. The fourth-order valence-electron chi connectivity index (χ4n) is 1.75. The Hall–Kier alpha value is -0.570. The summed E-state index contributed by atoms with van der Waals surface area (Å²) in [7, 11) is 1.86. The highest BCUT2D eigenvalue weighted by atomic mass is 16.2. The van der Waals surface area contributed by atoms with E-state index in [4.69, 9.17) is 5.73 Å². The second-order valence-electron chi connectivity index (χ2n) is 4.91. The topological polar surface area (TPSA) is 46.3 Å². The van der Waals surface area contributed by atoms with Crippen molar-refractivity contribution in [3.05, 3.63) is 0 Å². The Morgan fingerprint density at radius 2 is 1.86 bits per heavy atom. The number of nitrogens with two attached hydrogens (primary N) is 1. The van der Waals surface area contributed by atoms with Gasteiger partial charge in [-0.15, -0.1) is 0 Å². The quantitative estimate of drug-likeness (QED) is 0.744. The van der Waals surface area contributed by atoms with Crippen molar-refractivity contribution >= 4 is 5.91 Å². The maximum absolute atomic E-state index is 12.0. The maximum atomic E-state index is 12.0. The first kappa shape index (κ1) is 11.5. The van der Waals surface area contributed by atoms with E-state index in [1.807, 2.05) is 11.9 Å². The zero-order chi connectivity index (χ0) is 10.9. The average molecular weight is 198 g/mol. The van der Waals surface area contributed by atoms with Gasteiger partial charge < -0.3 is 10.6 Å². The molecule has 14 heavy (non-hydrogen) atoms. The van der Waals surface area contributed by atoms with Gasteiger partial charge in [-0.25, -0.2) is 0 Å². The first-order valence-electron chi connectivity index (χ1n) is 5.44. The molecule has 0 aromatic rings. The summed E-state index contributed by atoms with van der Waals surface area (Å²) in [4.78, 5) is 13.8. The molecule has 0 aromatic carbocycles. The third-order valence-corrected chi connectivity index (χ3v) is 3.57. The number of hydrogen-bond donors (Lipinski definition) is 1. The fourth-order valence-corrected chi connectivity index (χ4v) is 1.75. The molecule has 0 heterocycles. The van der Waals surface area contributed by atoms with E-state index in [9.17, 15) is 4.79 Å². The molecular formula is C11H22N2O. The Labute approximate surface area is 86.6 Å². The van der Waals surface area contributed by atoms with Crippen molar-refractivity contribution in [2.45, 2.75) is 51.6 Å². The Balaban J connectivity index is 2.60. The van der Waals surface area contributed by atoms with Gasteiger partial charge in [0.2, 0.25) is 5.91 Å². The molecule has 0 aliphatic heterocycles. The van der Waals surface area contributed by atoms with Crippen molar-refractivity contribution < 1.29 is 4.79 Å². The van der Waals surface area contributed by atoms with Crippen LogP contribution in [0, 0.1) is 5.92 Å². The van der Waals surface area contributed by atoms with E-state index in [1.54, 1.807) is 0 Å². The van der Waals surface area contributed by atoms with Gasteiger partial charge in [0.25, 0.3) is 0 Å². The Morgan fingerprint density at radius 1 is 1.36 bits per heavy atom. The molecule has 1 fully saturated rings. The zero-order valence-corrected chi connectivity index (χ0v) is 9.71. The van der Waals surface area contributed by atoms with Crippen molar-refractivity contribution in [2.24, 2.45) is 11.7 Å². The minimum Gasteiger partial charge on any atom is -0.341 e. The van der Waals surface area contributed by atoms with E-state index in [1.165, 1.54) is 0 Å². The lowest BCUT2D eigenvalue weighted by molar-refractivity contribution is -0.141. The maximum Gasteiger partial charge on any atom is 0.242 e. The summed E-state index contributed by atoms with van der Waals surface area (Å²) in [5, 5.41) is 0. The molecule has 1 aliphatic carbocycles. The van der Waals surface area contributed by atoms with Crippen molar-refractivity contribution in [1.82, 2.24) is 4.90 Å². The highest BCUT2D eigenvalue weighted by Gasteiger charge is 2.42. The summed E-state index contributed by atoms with van der Waals surface area (Å²) in [5.41, 5.74) is 5.45. The van der Waals surface area contributed by atoms with Crippen LogP contribution in [0.15, 0.2) is 0 Å². The monoisotopic (exact) mass is 198 g/mol. The summed E-state index contributed by atoms with van der Waals surface area (Å²) in [5.74, 6) is 0.595. The lowest BCUT2D eigenvalue weighted by Gasteiger charge is -2.41. The molecule has 1 atom stereocenters. The Bertz CT molecular complexity index is 221. The summed E-state index contributed by atoms with van der Waals surface area (Å²) in [6, 6.07) is 0.267. The predicted molar refractivity (Wildman–Crippen MR) is 57.8 cm³/mol. The van der Waals surface area contributed by atoms with Crippen molar-refractivity contribution in [2.75, 3.05) is 7.05 Å². The van der Waals surface area contributed by atoms with Crippen molar-refractivity contribution in [3.63, 3.8) is 0 Å². The lowest BCUT2D eigenvalue weighted by atomic mass is 9.76. The van der Waals surface area contributed by atoms with Gasteiger partial charge in [0.05, 0.1) is 5.54 Å². The molecule has 82 valence electrons. The first-order valence-corrected chi connectivity index (χ1v) is 5.44. The van der Waals surface area contributed by atoms with Crippen LogP contribution in [-0.2, 0) is 4.79 Å². The number of hydrogen-bond acceptors (Lipinski definition) is 2. The van der Waals surface area contributed by atoms with Crippen LogP contribution in [0.2, 0.25) is 0 Å². The smallest absolute Gasteiger partial charge is 0.242 e. The summed E-state index contributed by atoms with van der Waals surface area (Å²) < 4.78 is 0. The molecule has 0 bridgehead atoms. The Morgan fingerprint density at radius 3 is 2.14 bits per heavy atom. The van der Waals surface area contributed by atoms with Crippen LogP contribution in [-0.4, -0.2) is 29.4 Å². The molecule has 3 heteroatoms. The van der Waals surface area contributed by atoms with Gasteiger partial charge in [0, 0.05) is 13.1 Å². The van der Waals surface area contributed by atoms with E-state index >= 15 is 0 Å². The zero-order valence-electron chi connectivity index (χ0n) is 9.71. The normalized spacial score (nSPS) is 21.6. The van der Waals surface area contributed by atoms with Crippen LogP contribution in [0.1, 0.15) is 40.0 Å². The minimum absolute atomic E-state index is 0.116. The number of amides is 1. The van der Waals surface area contributed by atoms with E-state index in [0.717, 1.165) is 19.3 Å². The van der Waals surface area contributed by atoms with E-state index in [2.05, 4.69) is 20.8 Å². The molecule has 1 unspecified atom stereocenters. The molecule has 0 radical (unpaired) electrons. The van der Waals surface area contributed by atoms with E-state index in [0.29, 0.717) is 5.92 Å². The van der Waals surface area contributed by atoms with E-state index in [-0.39, 0.29) is 11.9 Å². The molecular weight excluding hydrogens is 176 g/mol. The van der Waals surface area contributed by atoms with Gasteiger partial charge in [0.15, 0.2) is 0 Å². The molecule has 1 amide bonds.